The highest BCUT2D eigenvalue weighted by atomic mass is 79.9. The molecule has 0 bridgehead atoms. The van der Waals surface area contributed by atoms with E-state index in [1.165, 1.54) is 0 Å². The van der Waals surface area contributed by atoms with E-state index in [0.717, 1.165) is 21.3 Å². The summed E-state index contributed by atoms with van der Waals surface area (Å²) in [5, 5.41) is 0.981. The molecular weight excluding hydrogens is 512 g/mol. The Bertz CT molecular complexity index is 1410. The minimum absolute atomic E-state index is 0.146. The van der Waals surface area contributed by atoms with E-state index in [1.54, 1.807) is 31.2 Å². The molecule has 0 saturated heterocycles. The lowest BCUT2D eigenvalue weighted by atomic mass is 10.1. The molecule has 3 aromatic carbocycles. The number of rotatable bonds is 5. The Kier molecular flexibility index (Phi) is 6.01. The minimum atomic E-state index is -0.256. The fourth-order valence-electron chi connectivity index (χ4n) is 3.64. The molecule has 0 radical (unpaired) electrons. The molecule has 2 heterocycles. The number of hydrogen-bond acceptors (Lipinski definition) is 6. The van der Waals surface area contributed by atoms with Gasteiger partial charge < -0.3 is 23.4 Å². The van der Waals surface area contributed by atoms with Crippen molar-refractivity contribution < 1.29 is 23.4 Å². The normalized spacial score (nSPS) is 12.8. The fourth-order valence-corrected chi connectivity index (χ4v) is 4.27. The Balaban J connectivity index is 1.42. The molecule has 0 unspecified atom stereocenters. The maximum Gasteiger partial charge on any atom is 0.235 e. The van der Waals surface area contributed by atoms with Crippen LogP contribution >= 0.6 is 27.5 Å². The van der Waals surface area contributed by atoms with Gasteiger partial charge in [-0.15, -0.1) is 0 Å². The van der Waals surface area contributed by atoms with Gasteiger partial charge in [-0.1, -0.05) is 23.7 Å². The molecule has 1 aromatic heterocycles. The smallest absolute Gasteiger partial charge is 0.235 e. The summed E-state index contributed by atoms with van der Waals surface area (Å²) >= 11 is 9.66. The van der Waals surface area contributed by atoms with Gasteiger partial charge in [0.25, 0.3) is 0 Å². The van der Waals surface area contributed by atoms with Crippen molar-refractivity contribution in [3.05, 3.63) is 91.2 Å². The van der Waals surface area contributed by atoms with Crippen LogP contribution in [-0.2, 0) is 18.0 Å². The molecule has 0 aliphatic carbocycles. The molecule has 1 aliphatic rings. The van der Waals surface area contributed by atoms with Crippen LogP contribution in [0.2, 0.25) is 5.02 Å². The molecule has 0 fully saturated rings. The molecule has 0 amide bonds. The average molecular weight is 530 g/mol. The van der Waals surface area contributed by atoms with Gasteiger partial charge >= 0.3 is 0 Å². The molecule has 6 nitrogen and oxygen atoms in total. The van der Waals surface area contributed by atoms with Crippen molar-refractivity contribution in [2.75, 3.05) is 6.79 Å². The predicted molar refractivity (Wildman–Crippen MR) is 128 cm³/mol. The zero-order valence-corrected chi connectivity index (χ0v) is 19.9. The number of halogens is 2. The molecule has 4 aromatic rings. The topological polar surface area (TPSA) is 67.1 Å². The summed E-state index contributed by atoms with van der Waals surface area (Å²) in [5.41, 5.74) is 1.85. The Morgan fingerprint density at radius 1 is 1.12 bits per heavy atom. The third kappa shape index (κ3) is 4.44. The first-order valence-corrected chi connectivity index (χ1v) is 11.3. The molecule has 0 spiro atoms. The van der Waals surface area contributed by atoms with Gasteiger partial charge in [-0.2, -0.15) is 0 Å². The van der Waals surface area contributed by atoms with Crippen molar-refractivity contribution in [3.8, 4) is 23.0 Å². The third-order valence-corrected chi connectivity index (χ3v) is 6.05. The summed E-state index contributed by atoms with van der Waals surface area (Å²) in [4.78, 5) is 13.1. The van der Waals surface area contributed by atoms with Crippen LogP contribution in [0.1, 0.15) is 16.9 Å². The highest BCUT2D eigenvalue weighted by Gasteiger charge is 2.18. The molecule has 8 heteroatoms. The van der Waals surface area contributed by atoms with Crippen molar-refractivity contribution in [3.63, 3.8) is 0 Å². The van der Waals surface area contributed by atoms with Gasteiger partial charge in [0.1, 0.15) is 35.2 Å². The van der Waals surface area contributed by atoms with E-state index in [0.29, 0.717) is 39.9 Å². The van der Waals surface area contributed by atoms with Crippen molar-refractivity contribution in [1.82, 2.24) is 0 Å². The highest BCUT2D eigenvalue weighted by Crippen LogP contribution is 2.34. The number of benzene rings is 3. The summed E-state index contributed by atoms with van der Waals surface area (Å²) in [6.45, 7) is 2.55. The van der Waals surface area contributed by atoms with Crippen molar-refractivity contribution >= 4 is 38.5 Å². The number of fused-ring (bicyclic) bond motifs is 2. The van der Waals surface area contributed by atoms with Gasteiger partial charge in [0.05, 0.1) is 16.5 Å². The van der Waals surface area contributed by atoms with E-state index >= 15 is 0 Å². The highest BCUT2D eigenvalue weighted by molar-refractivity contribution is 9.10. The molecule has 5 rings (SSSR count). The second-order valence-corrected chi connectivity index (χ2v) is 8.75. The van der Waals surface area contributed by atoms with Crippen LogP contribution in [0, 0.1) is 6.92 Å². The molecule has 0 N–H and O–H groups in total. The molecule has 0 atom stereocenters. The van der Waals surface area contributed by atoms with Crippen LogP contribution in [0.15, 0.2) is 68.3 Å². The summed E-state index contributed by atoms with van der Waals surface area (Å²) in [7, 11) is 0. The van der Waals surface area contributed by atoms with Crippen LogP contribution in [0.5, 0.6) is 23.0 Å². The zero-order valence-electron chi connectivity index (χ0n) is 17.5. The maximum atomic E-state index is 13.1. The average Bonchev–Trinajstić information content (AvgIpc) is 2.81. The lowest BCUT2D eigenvalue weighted by Gasteiger charge is -2.21. The molecule has 0 saturated carbocycles. The number of ether oxygens (including phenoxy) is 4. The van der Waals surface area contributed by atoms with Gasteiger partial charge in [-0.25, -0.2) is 0 Å². The van der Waals surface area contributed by atoms with Crippen LogP contribution in [0.4, 0.5) is 0 Å². The molecule has 168 valence electrons. The third-order valence-electron chi connectivity index (χ3n) is 5.18. The summed E-state index contributed by atoms with van der Waals surface area (Å²) in [6, 6.07) is 16.0. The number of aryl methyl sites for hydroxylation is 1. The van der Waals surface area contributed by atoms with Gasteiger partial charge in [-0.3, -0.25) is 4.79 Å². The van der Waals surface area contributed by atoms with Gasteiger partial charge in [0.2, 0.25) is 11.2 Å². The Hall–Kier alpha value is -3.00. The summed E-state index contributed by atoms with van der Waals surface area (Å²) < 4.78 is 29.4. The van der Waals surface area contributed by atoms with E-state index in [2.05, 4.69) is 15.9 Å². The van der Waals surface area contributed by atoms with E-state index in [9.17, 15) is 4.79 Å². The lowest BCUT2D eigenvalue weighted by molar-refractivity contribution is -0.0175. The largest absolute Gasteiger partial charge is 0.489 e. The maximum absolute atomic E-state index is 13.1. The fraction of sp³-hybridized carbons (Fsp3) is 0.160. The first-order valence-electron chi connectivity index (χ1n) is 10.1. The zero-order chi connectivity index (χ0) is 22.9. The Labute approximate surface area is 202 Å². The number of para-hydroxylation sites is 1. The van der Waals surface area contributed by atoms with Gasteiger partial charge in [0.15, 0.2) is 6.79 Å². The van der Waals surface area contributed by atoms with Crippen molar-refractivity contribution in [2.45, 2.75) is 20.1 Å². The number of hydrogen-bond donors (Lipinski definition) is 0. The minimum Gasteiger partial charge on any atom is -0.489 e. The van der Waals surface area contributed by atoms with Crippen LogP contribution in [-0.4, -0.2) is 6.79 Å². The Morgan fingerprint density at radius 2 is 1.97 bits per heavy atom. The second-order valence-electron chi connectivity index (χ2n) is 7.46. The van der Waals surface area contributed by atoms with Crippen molar-refractivity contribution in [1.29, 1.82) is 0 Å². The van der Waals surface area contributed by atoms with E-state index in [1.807, 2.05) is 30.3 Å². The van der Waals surface area contributed by atoms with Crippen LogP contribution in [0.3, 0.4) is 0 Å². The van der Waals surface area contributed by atoms with Crippen LogP contribution < -0.4 is 19.6 Å². The van der Waals surface area contributed by atoms with Crippen LogP contribution in [0.25, 0.3) is 11.0 Å². The SMILES string of the molecule is Cc1oc2cc(OCc3cc(Cl)cc4c3OCOC4)ccc2c(=O)c1Oc1ccccc1Br. The Morgan fingerprint density at radius 3 is 2.82 bits per heavy atom. The first kappa shape index (κ1) is 21.8. The summed E-state index contributed by atoms with van der Waals surface area (Å²) in [5.74, 6) is 2.32. The first-order chi connectivity index (χ1) is 16.0. The van der Waals surface area contributed by atoms with E-state index in [-0.39, 0.29) is 24.6 Å². The molecule has 1 aliphatic heterocycles. The quantitative estimate of drug-likeness (QED) is 0.285. The standard InChI is InChI=1S/C25H18BrClO6/c1-14-24(33-21-5-3-2-4-20(21)26)23(28)19-7-6-18(10-22(19)32-14)30-12-16-9-17(27)8-15-11-29-13-31-25(15)16/h2-10H,11-13H2,1H3. The lowest BCUT2D eigenvalue weighted by Crippen LogP contribution is -2.14. The predicted octanol–water partition coefficient (Wildman–Crippen LogP) is 6.76. The monoisotopic (exact) mass is 528 g/mol. The van der Waals surface area contributed by atoms with Crippen molar-refractivity contribution in [2.24, 2.45) is 0 Å². The molecular formula is C25H18BrClO6. The van der Waals surface area contributed by atoms with E-state index < -0.39 is 0 Å². The second kappa shape index (κ2) is 9.09. The van der Waals surface area contributed by atoms with Gasteiger partial charge in [-0.05, 0) is 59.3 Å². The summed E-state index contributed by atoms with van der Waals surface area (Å²) in [6.07, 6.45) is 0. The van der Waals surface area contributed by atoms with Gasteiger partial charge in [0, 0.05) is 22.2 Å². The molecule has 33 heavy (non-hydrogen) atoms. The van der Waals surface area contributed by atoms with E-state index in [4.69, 9.17) is 35.0 Å².